The quantitative estimate of drug-likeness (QED) is 0.819. The second-order valence-electron chi connectivity index (χ2n) is 5.80. The molecule has 1 aromatic carbocycles. The van der Waals surface area contributed by atoms with Crippen LogP contribution in [-0.4, -0.2) is 50.3 Å². The smallest absolute Gasteiger partial charge is 0.221 e. The molecule has 1 aliphatic heterocycles. The van der Waals surface area contributed by atoms with E-state index in [9.17, 15) is 0 Å². The monoisotopic (exact) mass is 316 g/mol. The highest BCUT2D eigenvalue weighted by atomic mass is 16.5. The van der Waals surface area contributed by atoms with Gasteiger partial charge in [0.15, 0.2) is 11.5 Å². The Bertz CT molecular complexity index is 654. The molecule has 0 amide bonds. The lowest BCUT2D eigenvalue weighted by Gasteiger charge is -2.26. The molecule has 0 N–H and O–H groups in total. The Kier molecular flexibility index (Phi) is 5.18. The average molecular weight is 316 g/mol. The Morgan fingerprint density at radius 1 is 1.04 bits per heavy atom. The fourth-order valence-electron chi connectivity index (χ4n) is 3.04. The molecule has 0 aliphatic carbocycles. The van der Waals surface area contributed by atoms with Crippen molar-refractivity contribution >= 4 is 10.8 Å². The van der Waals surface area contributed by atoms with Crippen LogP contribution in [-0.2, 0) is 0 Å². The molecule has 5 heteroatoms. The number of likely N-dealkylation sites (tertiary alicyclic amines) is 1. The first-order chi connectivity index (χ1) is 11.3. The standard InChI is InChI=1S/C18H24N2O3/c1-21-16-12-14-6-7-19-18(15(14)13-17(16)22-2)23-11-10-20-8-4-3-5-9-20/h6-7,12-13H,3-5,8-11H2,1-2H3. The van der Waals surface area contributed by atoms with Crippen LogP contribution in [0.5, 0.6) is 17.4 Å². The van der Waals surface area contributed by atoms with Gasteiger partial charge in [0.05, 0.1) is 14.2 Å². The van der Waals surface area contributed by atoms with E-state index in [0.717, 1.165) is 17.3 Å². The highest BCUT2D eigenvalue weighted by molar-refractivity contribution is 5.89. The first-order valence-electron chi connectivity index (χ1n) is 8.17. The fraction of sp³-hybridized carbons (Fsp3) is 0.500. The summed E-state index contributed by atoms with van der Waals surface area (Å²) in [6.45, 7) is 3.96. The largest absolute Gasteiger partial charge is 0.493 e. The topological polar surface area (TPSA) is 43.8 Å². The Labute approximate surface area is 137 Å². The summed E-state index contributed by atoms with van der Waals surface area (Å²) in [7, 11) is 3.28. The van der Waals surface area contributed by atoms with Crippen LogP contribution in [0, 0.1) is 0 Å². The Balaban J connectivity index is 1.74. The summed E-state index contributed by atoms with van der Waals surface area (Å²) in [6, 6.07) is 5.83. The van der Waals surface area contributed by atoms with Crippen LogP contribution in [0.3, 0.4) is 0 Å². The number of piperidine rings is 1. The predicted molar refractivity (Wildman–Crippen MR) is 90.6 cm³/mol. The van der Waals surface area contributed by atoms with E-state index in [1.165, 1.54) is 32.4 Å². The average Bonchev–Trinajstić information content (AvgIpc) is 2.61. The minimum Gasteiger partial charge on any atom is -0.493 e. The van der Waals surface area contributed by atoms with Crippen LogP contribution in [0.25, 0.3) is 10.8 Å². The zero-order chi connectivity index (χ0) is 16.1. The summed E-state index contributed by atoms with van der Waals surface area (Å²) in [5.41, 5.74) is 0. The van der Waals surface area contributed by atoms with Crippen molar-refractivity contribution < 1.29 is 14.2 Å². The molecule has 124 valence electrons. The number of aromatic nitrogens is 1. The molecule has 0 bridgehead atoms. The molecule has 0 spiro atoms. The van der Waals surface area contributed by atoms with Gasteiger partial charge in [-0.2, -0.15) is 0 Å². The van der Waals surface area contributed by atoms with E-state index >= 15 is 0 Å². The van der Waals surface area contributed by atoms with E-state index in [2.05, 4.69) is 9.88 Å². The lowest BCUT2D eigenvalue weighted by atomic mass is 10.1. The Morgan fingerprint density at radius 2 is 1.78 bits per heavy atom. The third-order valence-electron chi connectivity index (χ3n) is 4.33. The molecule has 1 fully saturated rings. The normalized spacial score (nSPS) is 15.6. The first-order valence-corrected chi connectivity index (χ1v) is 8.17. The third-order valence-corrected chi connectivity index (χ3v) is 4.33. The fourth-order valence-corrected chi connectivity index (χ4v) is 3.04. The van der Waals surface area contributed by atoms with Gasteiger partial charge >= 0.3 is 0 Å². The van der Waals surface area contributed by atoms with E-state index in [0.29, 0.717) is 24.0 Å². The van der Waals surface area contributed by atoms with Crippen LogP contribution in [0.15, 0.2) is 24.4 Å². The molecule has 0 unspecified atom stereocenters. The van der Waals surface area contributed by atoms with Gasteiger partial charge in [0, 0.05) is 18.1 Å². The van der Waals surface area contributed by atoms with Gasteiger partial charge in [-0.3, -0.25) is 4.90 Å². The SMILES string of the molecule is COc1cc2ccnc(OCCN3CCCCC3)c2cc1OC. The zero-order valence-corrected chi connectivity index (χ0v) is 13.9. The van der Waals surface area contributed by atoms with E-state index < -0.39 is 0 Å². The van der Waals surface area contributed by atoms with Crippen molar-refractivity contribution in [1.82, 2.24) is 9.88 Å². The summed E-state index contributed by atoms with van der Waals surface area (Å²) >= 11 is 0. The van der Waals surface area contributed by atoms with E-state index in [1.54, 1.807) is 20.4 Å². The predicted octanol–water partition coefficient (Wildman–Crippen LogP) is 3.12. The van der Waals surface area contributed by atoms with Crippen LogP contribution in [0.2, 0.25) is 0 Å². The van der Waals surface area contributed by atoms with Crippen LogP contribution < -0.4 is 14.2 Å². The van der Waals surface area contributed by atoms with Gasteiger partial charge in [-0.1, -0.05) is 6.42 Å². The summed E-state index contributed by atoms with van der Waals surface area (Å²) < 4.78 is 16.7. The number of pyridine rings is 1. The van der Waals surface area contributed by atoms with Crippen LogP contribution in [0.1, 0.15) is 19.3 Å². The van der Waals surface area contributed by atoms with Crippen LogP contribution >= 0.6 is 0 Å². The molecular weight excluding hydrogens is 292 g/mol. The number of methoxy groups -OCH3 is 2. The van der Waals surface area contributed by atoms with Gasteiger partial charge in [-0.25, -0.2) is 4.98 Å². The molecule has 2 aromatic rings. The van der Waals surface area contributed by atoms with Crippen molar-refractivity contribution in [3.63, 3.8) is 0 Å². The highest BCUT2D eigenvalue weighted by Gasteiger charge is 2.12. The van der Waals surface area contributed by atoms with Gasteiger partial charge in [-0.05, 0) is 49.5 Å². The number of benzene rings is 1. The molecule has 2 heterocycles. The molecule has 1 aliphatic rings. The summed E-state index contributed by atoms with van der Waals surface area (Å²) in [6.07, 6.45) is 5.71. The number of nitrogens with zero attached hydrogens (tertiary/aromatic N) is 2. The number of ether oxygens (including phenoxy) is 3. The highest BCUT2D eigenvalue weighted by Crippen LogP contribution is 2.35. The van der Waals surface area contributed by atoms with E-state index in [-0.39, 0.29) is 0 Å². The Morgan fingerprint density at radius 3 is 2.52 bits per heavy atom. The van der Waals surface area contributed by atoms with Gasteiger partial charge < -0.3 is 14.2 Å². The summed E-state index contributed by atoms with van der Waals surface area (Å²) in [5.74, 6) is 2.06. The van der Waals surface area contributed by atoms with Gasteiger partial charge in [0.1, 0.15) is 6.61 Å². The summed E-state index contributed by atoms with van der Waals surface area (Å²) in [5, 5.41) is 1.98. The molecule has 1 aromatic heterocycles. The molecular formula is C18H24N2O3. The second kappa shape index (κ2) is 7.51. The van der Waals surface area contributed by atoms with Crippen molar-refractivity contribution in [3.05, 3.63) is 24.4 Å². The van der Waals surface area contributed by atoms with Crippen molar-refractivity contribution in [2.75, 3.05) is 40.5 Å². The maximum absolute atomic E-state index is 5.95. The molecule has 0 saturated carbocycles. The van der Waals surface area contributed by atoms with Crippen molar-refractivity contribution in [2.45, 2.75) is 19.3 Å². The number of hydrogen-bond acceptors (Lipinski definition) is 5. The molecule has 1 saturated heterocycles. The Hall–Kier alpha value is -2.01. The number of rotatable bonds is 6. The van der Waals surface area contributed by atoms with Gasteiger partial charge in [0.25, 0.3) is 0 Å². The van der Waals surface area contributed by atoms with Crippen molar-refractivity contribution in [3.8, 4) is 17.4 Å². The number of fused-ring (bicyclic) bond motifs is 1. The number of hydrogen-bond donors (Lipinski definition) is 0. The molecule has 5 nitrogen and oxygen atoms in total. The summed E-state index contributed by atoms with van der Waals surface area (Å²) in [4.78, 5) is 6.84. The van der Waals surface area contributed by atoms with Gasteiger partial charge in [0.2, 0.25) is 5.88 Å². The molecule has 0 atom stereocenters. The van der Waals surface area contributed by atoms with Crippen molar-refractivity contribution in [2.24, 2.45) is 0 Å². The lowest BCUT2D eigenvalue weighted by Crippen LogP contribution is -2.33. The van der Waals surface area contributed by atoms with Gasteiger partial charge in [-0.15, -0.1) is 0 Å². The third kappa shape index (κ3) is 3.67. The minimum atomic E-state index is 0.653. The molecule has 23 heavy (non-hydrogen) atoms. The van der Waals surface area contributed by atoms with Crippen molar-refractivity contribution in [1.29, 1.82) is 0 Å². The van der Waals surface area contributed by atoms with E-state index in [4.69, 9.17) is 14.2 Å². The lowest BCUT2D eigenvalue weighted by molar-refractivity contribution is 0.181. The molecule has 0 radical (unpaired) electrons. The second-order valence-corrected chi connectivity index (χ2v) is 5.80. The molecule has 3 rings (SSSR count). The zero-order valence-electron chi connectivity index (χ0n) is 13.9. The minimum absolute atomic E-state index is 0.653. The maximum atomic E-state index is 5.95. The first kappa shape index (κ1) is 15.9. The maximum Gasteiger partial charge on any atom is 0.221 e. The van der Waals surface area contributed by atoms with Crippen LogP contribution in [0.4, 0.5) is 0 Å². The van der Waals surface area contributed by atoms with E-state index in [1.807, 2.05) is 18.2 Å².